The van der Waals surface area contributed by atoms with Crippen molar-refractivity contribution in [1.82, 2.24) is 9.97 Å². The third-order valence-corrected chi connectivity index (χ3v) is 4.56. The van der Waals surface area contributed by atoms with E-state index in [0.717, 1.165) is 29.8 Å². The van der Waals surface area contributed by atoms with Crippen LogP contribution in [0.3, 0.4) is 0 Å². The number of esters is 1. The van der Waals surface area contributed by atoms with Gasteiger partial charge in [-0.25, -0.2) is 14.8 Å². The molecule has 0 aliphatic rings. The third kappa shape index (κ3) is 7.33. The van der Waals surface area contributed by atoms with E-state index in [0.29, 0.717) is 12.5 Å². The van der Waals surface area contributed by atoms with Crippen molar-refractivity contribution in [2.24, 2.45) is 5.92 Å². The van der Waals surface area contributed by atoms with E-state index in [2.05, 4.69) is 30.7 Å². The van der Waals surface area contributed by atoms with Gasteiger partial charge in [-0.15, -0.1) is 0 Å². The van der Waals surface area contributed by atoms with Gasteiger partial charge >= 0.3 is 5.97 Å². The van der Waals surface area contributed by atoms with Crippen LogP contribution in [0.25, 0.3) is 17.5 Å². The monoisotopic (exact) mass is 366 g/mol. The van der Waals surface area contributed by atoms with Crippen molar-refractivity contribution in [3.63, 3.8) is 0 Å². The molecule has 4 heteroatoms. The van der Waals surface area contributed by atoms with Crippen molar-refractivity contribution < 1.29 is 9.53 Å². The van der Waals surface area contributed by atoms with Crippen LogP contribution in [-0.4, -0.2) is 22.5 Å². The van der Waals surface area contributed by atoms with Crippen molar-refractivity contribution >= 4 is 12.0 Å². The van der Waals surface area contributed by atoms with Crippen LogP contribution in [0.1, 0.15) is 57.6 Å². The van der Waals surface area contributed by atoms with Crippen LogP contribution >= 0.6 is 0 Å². The second-order valence-corrected chi connectivity index (χ2v) is 6.97. The Bertz CT molecular complexity index is 721. The summed E-state index contributed by atoms with van der Waals surface area (Å²) in [6, 6.07) is 7.84. The Kier molecular flexibility index (Phi) is 8.69. The molecule has 0 amide bonds. The number of rotatable bonds is 10. The average Bonchev–Trinajstić information content (AvgIpc) is 2.71. The number of aromatic nitrogens is 2. The van der Waals surface area contributed by atoms with Crippen molar-refractivity contribution in [2.45, 2.75) is 52.9 Å². The molecule has 0 bridgehead atoms. The molecule has 0 spiro atoms. The number of hydrogen-bond donors (Lipinski definition) is 0. The smallest absolute Gasteiger partial charge is 0.330 e. The molecule has 27 heavy (non-hydrogen) atoms. The predicted molar refractivity (Wildman–Crippen MR) is 110 cm³/mol. The average molecular weight is 367 g/mol. The number of unbranched alkanes of at least 4 members (excludes halogenated alkanes) is 2. The van der Waals surface area contributed by atoms with Crippen molar-refractivity contribution in [1.29, 1.82) is 0 Å². The van der Waals surface area contributed by atoms with Gasteiger partial charge in [-0.3, -0.25) is 0 Å². The summed E-state index contributed by atoms with van der Waals surface area (Å²) >= 11 is 0. The summed E-state index contributed by atoms with van der Waals surface area (Å²) in [5, 5.41) is 0. The SMILES string of the molecule is CCCCCc1cnc(-c2ccc(/C=C/C(=O)OCC(C)CC)cc2)nc1. The highest BCUT2D eigenvalue weighted by Crippen LogP contribution is 2.17. The number of aryl methyl sites for hydroxylation is 1. The van der Waals surface area contributed by atoms with Gasteiger partial charge in [-0.05, 0) is 36.0 Å². The van der Waals surface area contributed by atoms with Gasteiger partial charge in [0.25, 0.3) is 0 Å². The molecule has 0 fully saturated rings. The van der Waals surface area contributed by atoms with Gasteiger partial charge in [-0.2, -0.15) is 0 Å². The lowest BCUT2D eigenvalue weighted by Gasteiger charge is -2.07. The maximum atomic E-state index is 11.7. The largest absolute Gasteiger partial charge is 0.462 e. The van der Waals surface area contributed by atoms with Crippen molar-refractivity contribution in [2.75, 3.05) is 6.61 Å². The summed E-state index contributed by atoms with van der Waals surface area (Å²) < 4.78 is 5.21. The first-order valence-corrected chi connectivity index (χ1v) is 9.88. The second-order valence-electron chi connectivity index (χ2n) is 6.97. The molecule has 1 aromatic heterocycles. The molecule has 0 saturated heterocycles. The summed E-state index contributed by atoms with van der Waals surface area (Å²) in [4.78, 5) is 20.7. The lowest BCUT2D eigenvalue weighted by molar-refractivity contribution is -0.138. The summed E-state index contributed by atoms with van der Waals surface area (Å²) in [5.74, 6) is 0.804. The van der Waals surface area contributed by atoms with E-state index in [1.54, 1.807) is 6.08 Å². The highest BCUT2D eigenvalue weighted by Gasteiger charge is 2.04. The molecule has 1 unspecified atom stereocenters. The molecule has 0 radical (unpaired) electrons. The molecule has 0 aliphatic heterocycles. The molecular formula is C23H30N2O2. The van der Waals surface area contributed by atoms with Crippen LogP contribution in [0.15, 0.2) is 42.7 Å². The minimum absolute atomic E-state index is 0.304. The molecule has 1 aromatic carbocycles. The van der Waals surface area contributed by atoms with Crippen molar-refractivity contribution in [3.8, 4) is 11.4 Å². The minimum atomic E-state index is -0.304. The fourth-order valence-electron chi connectivity index (χ4n) is 2.51. The highest BCUT2D eigenvalue weighted by atomic mass is 16.5. The van der Waals surface area contributed by atoms with E-state index in [1.807, 2.05) is 36.7 Å². The summed E-state index contributed by atoms with van der Waals surface area (Å²) in [5.41, 5.74) is 3.09. The van der Waals surface area contributed by atoms with Gasteiger partial charge in [0, 0.05) is 24.0 Å². The Labute approximate surface area is 162 Å². The zero-order valence-electron chi connectivity index (χ0n) is 16.6. The quantitative estimate of drug-likeness (QED) is 0.317. The van der Waals surface area contributed by atoms with Gasteiger partial charge in [0.05, 0.1) is 6.61 Å². The molecule has 1 atom stereocenters. The Morgan fingerprint density at radius 1 is 1.11 bits per heavy atom. The molecule has 0 saturated carbocycles. The zero-order chi connectivity index (χ0) is 19.5. The maximum Gasteiger partial charge on any atom is 0.330 e. The maximum absolute atomic E-state index is 11.7. The topological polar surface area (TPSA) is 52.1 Å². The van der Waals surface area contributed by atoms with Gasteiger partial charge in [0.15, 0.2) is 5.82 Å². The number of carbonyl (C=O) groups excluding carboxylic acids is 1. The Morgan fingerprint density at radius 3 is 2.44 bits per heavy atom. The molecule has 144 valence electrons. The normalized spacial score (nSPS) is 12.3. The van der Waals surface area contributed by atoms with Crippen LogP contribution in [0.5, 0.6) is 0 Å². The first-order valence-electron chi connectivity index (χ1n) is 9.88. The fourth-order valence-corrected chi connectivity index (χ4v) is 2.51. The molecule has 2 rings (SSSR count). The van der Waals surface area contributed by atoms with Crippen LogP contribution in [0, 0.1) is 5.92 Å². The predicted octanol–water partition coefficient (Wildman–Crippen LogP) is 5.48. The van der Waals surface area contributed by atoms with Crippen LogP contribution in [0.4, 0.5) is 0 Å². The second kappa shape index (κ2) is 11.3. The third-order valence-electron chi connectivity index (χ3n) is 4.56. The van der Waals surface area contributed by atoms with Crippen LogP contribution in [-0.2, 0) is 16.0 Å². The molecule has 2 aromatic rings. The first-order chi connectivity index (χ1) is 13.1. The van der Waals surface area contributed by atoms with Gasteiger partial charge in [0.2, 0.25) is 0 Å². The molecule has 0 aliphatic carbocycles. The number of carbonyl (C=O) groups is 1. The first kappa shape index (κ1) is 20.8. The Hall–Kier alpha value is -2.49. The molecule has 1 heterocycles. The Balaban J connectivity index is 1.90. The van der Waals surface area contributed by atoms with Gasteiger partial charge in [-0.1, -0.05) is 64.3 Å². The van der Waals surface area contributed by atoms with E-state index in [9.17, 15) is 4.79 Å². The number of benzene rings is 1. The lowest BCUT2D eigenvalue weighted by Crippen LogP contribution is -2.08. The van der Waals surface area contributed by atoms with Crippen LogP contribution in [0.2, 0.25) is 0 Å². The van der Waals surface area contributed by atoms with E-state index in [1.165, 1.54) is 30.9 Å². The highest BCUT2D eigenvalue weighted by molar-refractivity contribution is 5.87. The number of nitrogens with zero attached hydrogens (tertiary/aromatic N) is 2. The molecule has 4 nitrogen and oxygen atoms in total. The van der Waals surface area contributed by atoms with Gasteiger partial charge in [0.1, 0.15) is 0 Å². The van der Waals surface area contributed by atoms with Gasteiger partial charge < -0.3 is 4.74 Å². The van der Waals surface area contributed by atoms with Crippen LogP contribution < -0.4 is 0 Å². The molecule has 0 N–H and O–H groups in total. The number of ether oxygens (including phenoxy) is 1. The van der Waals surface area contributed by atoms with Crippen molar-refractivity contribution in [3.05, 3.63) is 53.9 Å². The summed E-state index contributed by atoms with van der Waals surface area (Å²) in [7, 11) is 0. The molecular weight excluding hydrogens is 336 g/mol. The van der Waals surface area contributed by atoms with E-state index >= 15 is 0 Å². The van der Waals surface area contributed by atoms with E-state index in [4.69, 9.17) is 4.74 Å². The van der Waals surface area contributed by atoms with E-state index in [-0.39, 0.29) is 5.97 Å². The minimum Gasteiger partial charge on any atom is -0.462 e. The summed E-state index contributed by atoms with van der Waals surface area (Å²) in [6.07, 6.45) is 12.7. The summed E-state index contributed by atoms with van der Waals surface area (Å²) in [6.45, 7) is 6.81. The fraction of sp³-hybridized carbons (Fsp3) is 0.435. The lowest BCUT2D eigenvalue weighted by atomic mass is 10.1. The number of hydrogen-bond acceptors (Lipinski definition) is 4. The Morgan fingerprint density at radius 2 is 1.81 bits per heavy atom. The zero-order valence-corrected chi connectivity index (χ0v) is 16.6. The standard InChI is InChI=1S/C23H30N2O2/c1-4-6-7-8-20-15-24-23(25-16-20)21-12-9-19(10-13-21)11-14-22(26)27-17-18(3)5-2/h9-16,18H,4-8,17H2,1-3H3/b14-11+. The van der Waals surface area contributed by atoms with E-state index < -0.39 is 0 Å².